The summed E-state index contributed by atoms with van der Waals surface area (Å²) in [6.07, 6.45) is 1.42. The molecular formula is C16H17ClO4. The number of hydrogen-bond acceptors (Lipinski definition) is 4. The van der Waals surface area contributed by atoms with Crippen LogP contribution in [0.1, 0.15) is 25.8 Å². The molecule has 1 N–H and O–H groups in total. The van der Waals surface area contributed by atoms with Crippen LogP contribution < -0.4 is 9.47 Å². The highest BCUT2D eigenvalue weighted by molar-refractivity contribution is 6.31. The van der Waals surface area contributed by atoms with Crippen molar-refractivity contribution in [1.82, 2.24) is 0 Å². The summed E-state index contributed by atoms with van der Waals surface area (Å²) in [5, 5.41) is 12.1. The molecule has 2 rings (SSSR count). The van der Waals surface area contributed by atoms with Crippen LogP contribution in [0.25, 0.3) is 10.8 Å². The highest BCUT2D eigenvalue weighted by Crippen LogP contribution is 2.46. The van der Waals surface area contributed by atoms with Crippen LogP contribution in [-0.2, 0) is 11.2 Å². The average Bonchev–Trinajstić information content (AvgIpc) is 2.44. The molecule has 0 amide bonds. The summed E-state index contributed by atoms with van der Waals surface area (Å²) in [6.45, 7) is 3.32. The van der Waals surface area contributed by atoms with Gasteiger partial charge in [-0.05, 0) is 24.6 Å². The molecule has 5 heteroatoms. The van der Waals surface area contributed by atoms with Crippen molar-refractivity contribution in [1.29, 1.82) is 0 Å². The Hall–Kier alpha value is -1.94. The molecule has 0 aliphatic carbocycles. The van der Waals surface area contributed by atoms with E-state index in [1.807, 2.05) is 6.92 Å². The van der Waals surface area contributed by atoms with Crippen molar-refractivity contribution in [3.63, 3.8) is 0 Å². The summed E-state index contributed by atoms with van der Waals surface area (Å²) < 4.78 is 10.7. The van der Waals surface area contributed by atoms with E-state index in [4.69, 9.17) is 21.1 Å². The number of methoxy groups -OCH3 is 1. The second-order valence-corrected chi connectivity index (χ2v) is 5.16. The van der Waals surface area contributed by atoms with Crippen molar-refractivity contribution in [2.75, 3.05) is 7.11 Å². The van der Waals surface area contributed by atoms with Crippen LogP contribution in [0.2, 0.25) is 5.02 Å². The Morgan fingerprint density at radius 3 is 2.57 bits per heavy atom. The first-order chi connectivity index (χ1) is 9.99. The van der Waals surface area contributed by atoms with Crippen LogP contribution in [0, 0.1) is 0 Å². The van der Waals surface area contributed by atoms with Crippen molar-refractivity contribution in [3.8, 4) is 17.2 Å². The zero-order valence-corrected chi connectivity index (χ0v) is 13.0. The van der Waals surface area contributed by atoms with Crippen molar-refractivity contribution < 1.29 is 19.4 Å². The number of carbonyl (C=O) groups is 1. The third-order valence-electron chi connectivity index (χ3n) is 3.20. The number of rotatable bonds is 4. The Balaban J connectivity index is 2.87. The minimum Gasteiger partial charge on any atom is -0.507 e. The lowest BCUT2D eigenvalue weighted by Gasteiger charge is -2.17. The molecule has 0 radical (unpaired) electrons. The molecule has 0 spiro atoms. The Labute approximate surface area is 128 Å². The minimum absolute atomic E-state index is 0.113. The van der Waals surface area contributed by atoms with Crippen LogP contribution in [0.15, 0.2) is 18.2 Å². The molecule has 21 heavy (non-hydrogen) atoms. The maximum absolute atomic E-state index is 11.4. The summed E-state index contributed by atoms with van der Waals surface area (Å²) in [4.78, 5) is 11.4. The first kappa shape index (κ1) is 15.4. The van der Waals surface area contributed by atoms with Crippen LogP contribution in [0.4, 0.5) is 0 Å². The summed E-state index contributed by atoms with van der Waals surface area (Å²) in [7, 11) is 1.49. The second kappa shape index (κ2) is 6.22. The van der Waals surface area contributed by atoms with Crippen molar-refractivity contribution in [2.24, 2.45) is 0 Å². The van der Waals surface area contributed by atoms with Crippen LogP contribution in [-0.4, -0.2) is 18.2 Å². The molecule has 0 heterocycles. The quantitative estimate of drug-likeness (QED) is 0.683. The van der Waals surface area contributed by atoms with Crippen LogP contribution >= 0.6 is 11.6 Å². The fraction of sp³-hybridized carbons (Fsp3) is 0.312. The Bertz CT molecular complexity index is 694. The van der Waals surface area contributed by atoms with Gasteiger partial charge in [-0.1, -0.05) is 24.9 Å². The molecule has 0 saturated heterocycles. The molecule has 0 aromatic heterocycles. The van der Waals surface area contributed by atoms with Gasteiger partial charge < -0.3 is 14.6 Å². The summed E-state index contributed by atoms with van der Waals surface area (Å²) in [6, 6.07) is 5.03. The fourth-order valence-corrected chi connectivity index (χ4v) is 2.55. The molecule has 4 nitrogen and oxygen atoms in total. The topological polar surface area (TPSA) is 55.8 Å². The highest BCUT2D eigenvalue weighted by Gasteiger charge is 2.22. The van der Waals surface area contributed by atoms with Crippen molar-refractivity contribution in [2.45, 2.75) is 26.7 Å². The number of halogens is 1. The summed E-state index contributed by atoms with van der Waals surface area (Å²) in [5.41, 5.74) is 0.617. The van der Waals surface area contributed by atoms with E-state index in [2.05, 4.69) is 0 Å². The van der Waals surface area contributed by atoms with Gasteiger partial charge in [-0.15, -0.1) is 0 Å². The van der Waals surface area contributed by atoms with Gasteiger partial charge in [0.25, 0.3) is 0 Å². The van der Waals surface area contributed by atoms with Gasteiger partial charge in [-0.2, -0.15) is 0 Å². The zero-order valence-electron chi connectivity index (χ0n) is 12.2. The number of fused-ring (bicyclic) bond motifs is 1. The van der Waals surface area contributed by atoms with Gasteiger partial charge in [0.05, 0.1) is 7.11 Å². The second-order valence-electron chi connectivity index (χ2n) is 4.72. The minimum atomic E-state index is -0.447. The third-order valence-corrected chi connectivity index (χ3v) is 3.43. The van der Waals surface area contributed by atoms with E-state index in [1.165, 1.54) is 14.0 Å². The Morgan fingerprint density at radius 1 is 1.29 bits per heavy atom. The van der Waals surface area contributed by atoms with E-state index in [9.17, 15) is 9.90 Å². The molecule has 0 aliphatic rings. The standard InChI is InChI=1S/C16H17ClO4/c1-4-5-12-14(19)13-8-10(17)6-7-11(13)16(15(12)20-3)21-9(2)18/h6-8,19H,4-5H2,1-3H3. The number of benzene rings is 2. The number of esters is 1. The van der Waals surface area contributed by atoms with Gasteiger partial charge in [-0.25, -0.2) is 0 Å². The molecule has 2 aromatic carbocycles. The van der Waals surface area contributed by atoms with Gasteiger partial charge in [-0.3, -0.25) is 4.79 Å². The maximum Gasteiger partial charge on any atom is 0.308 e. The van der Waals surface area contributed by atoms with Gasteiger partial charge in [0.1, 0.15) is 5.75 Å². The largest absolute Gasteiger partial charge is 0.507 e. The molecule has 0 fully saturated rings. The number of carbonyl (C=O) groups excluding carboxylic acids is 1. The zero-order chi connectivity index (χ0) is 15.6. The lowest BCUT2D eigenvalue weighted by atomic mass is 9.99. The van der Waals surface area contributed by atoms with Crippen molar-refractivity contribution in [3.05, 3.63) is 28.8 Å². The maximum atomic E-state index is 11.4. The number of aromatic hydroxyl groups is 1. The molecule has 0 saturated carbocycles. The Kier molecular flexibility index (Phi) is 4.58. The Morgan fingerprint density at radius 2 is 2.00 bits per heavy atom. The van der Waals surface area contributed by atoms with E-state index >= 15 is 0 Å². The molecule has 0 unspecified atom stereocenters. The van der Waals surface area contributed by atoms with E-state index in [0.29, 0.717) is 39.3 Å². The number of hydrogen-bond donors (Lipinski definition) is 1. The smallest absolute Gasteiger partial charge is 0.308 e. The number of phenolic OH excluding ortho intramolecular Hbond substituents is 1. The molecular weight excluding hydrogens is 292 g/mol. The SMILES string of the molecule is CCCc1c(OC)c(OC(C)=O)c2ccc(Cl)cc2c1O. The van der Waals surface area contributed by atoms with Gasteiger partial charge in [0.15, 0.2) is 11.5 Å². The van der Waals surface area contributed by atoms with Gasteiger partial charge >= 0.3 is 5.97 Å². The predicted molar refractivity (Wildman–Crippen MR) is 82.5 cm³/mol. The first-order valence-corrected chi connectivity index (χ1v) is 7.06. The van der Waals surface area contributed by atoms with E-state index in [1.54, 1.807) is 18.2 Å². The molecule has 0 aliphatic heterocycles. The molecule has 2 aromatic rings. The summed E-state index contributed by atoms with van der Waals surface area (Å²) >= 11 is 6.00. The normalized spacial score (nSPS) is 10.7. The first-order valence-electron chi connectivity index (χ1n) is 6.69. The molecule has 112 valence electrons. The summed E-state index contributed by atoms with van der Waals surface area (Å²) in [5.74, 6) is 0.372. The van der Waals surface area contributed by atoms with E-state index < -0.39 is 5.97 Å². The average molecular weight is 309 g/mol. The van der Waals surface area contributed by atoms with Gasteiger partial charge in [0, 0.05) is 28.3 Å². The fourth-order valence-electron chi connectivity index (χ4n) is 2.38. The molecule has 0 bridgehead atoms. The number of phenols is 1. The van der Waals surface area contributed by atoms with E-state index in [-0.39, 0.29) is 5.75 Å². The van der Waals surface area contributed by atoms with Crippen molar-refractivity contribution >= 4 is 28.3 Å². The monoisotopic (exact) mass is 308 g/mol. The van der Waals surface area contributed by atoms with Gasteiger partial charge in [0.2, 0.25) is 0 Å². The predicted octanol–water partition coefficient (Wildman–Crippen LogP) is 4.09. The lowest BCUT2D eigenvalue weighted by Crippen LogP contribution is -2.06. The third kappa shape index (κ3) is 2.90. The van der Waals surface area contributed by atoms with Crippen LogP contribution in [0.3, 0.4) is 0 Å². The highest BCUT2D eigenvalue weighted by atomic mass is 35.5. The lowest BCUT2D eigenvalue weighted by molar-refractivity contribution is -0.131. The van der Waals surface area contributed by atoms with Crippen LogP contribution in [0.5, 0.6) is 17.2 Å². The van der Waals surface area contributed by atoms with E-state index in [0.717, 1.165) is 6.42 Å². The number of ether oxygens (including phenoxy) is 2. The molecule has 0 atom stereocenters.